The molecule has 3 N–H and O–H groups in total. The first kappa shape index (κ1) is 22.0. The third-order valence-corrected chi connectivity index (χ3v) is 3.98. The Morgan fingerprint density at radius 1 is 1.03 bits per heavy atom. The van der Waals surface area contributed by atoms with Crippen LogP contribution < -0.4 is 10.6 Å². The van der Waals surface area contributed by atoms with Crippen molar-refractivity contribution in [1.82, 2.24) is 10.6 Å². The first-order valence-corrected chi connectivity index (χ1v) is 8.62. The number of esters is 1. The van der Waals surface area contributed by atoms with Gasteiger partial charge in [0.2, 0.25) is 11.8 Å². The molecule has 2 amide bonds. The van der Waals surface area contributed by atoms with Gasteiger partial charge in [0.25, 0.3) is 0 Å². The average molecular weight is 406 g/mol. The number of hydrogen-bond acceptors (Lipinski definition) is 5. The van der Waals surface area contributed by atoms with Crippen molar-refractivity contribution in [2.45, 2.75) is 18.5 Å². The molecule has 2 aromatic rings. The fraction of sp³-hybridized carbons (Fsp3) is 0.250. The molecule has 0 spiro atoms. The standard InChI is InChI=1S/C20H20F2N2O5/c1-29-20(28)18(13-5-3-2-4-6-13)24-19(27)16(11-25)23-17(26)9-12-7-14(21)10-15(22)8-12/h2-8,10,16,18,25H,9,11H2,1H3,(H,23,26)(H,24,27)/t16-,18-/m0/s1. The maximum atomic E-state index is 13.2. The smallest absolute Gasteiger partial charge is 0.333 e. The van der Waals surface area contributed by atoms with Crippen LogP contribution in [-0.2, 0) is 25.5 Å². The van der Waals surface area contributed by atoms with Crippen LogP contribution in [0.25, 0.3) is 0 Å². The highest BCUT2D eigenvalue weighted by atomic mass is 19.1. The molecule has 0 saturated heterocycles. The number of amides is 2. The first-order valence-electron chi connectivity index (χ1n) is 8.62. The van der Waals surface area contributed by atoms with Crippen LogP contribution in [0.4, 0.5) is 8.78 Å². The van der Waals surface area contributed by atoms with E-state index in [1.165, 1.54) is 0 Å². The van der Waals surface area contributed by atoms with Crippen molar-refractivity contribution in [3.8, 4) is 0 Å². The normalized spacial score (nSPS) is 12.6. The summed E-state index contributed by atoms with van der Waals surface area (Å²) in [4.78, 5) is 36.6. The van der Waals surface area contributed by atoms with Gasteiger partial charge in [-0.2, -0.15) is 0 Å². The van der Waals surface area contributed by atoms with Crippen LogP contribution in [-0.4, -0.2) is 42.6 Å². The number of carbonyl (C=O) groups is 3. The number of benzene rings is 2. The molecule has 0 saturated carbocycles. The summed E-state index contributed by atoms with van der Waals surface area (Å²) in [6, 6.07) is 8.39. The summed E-state index contributed by atoms with van der Waals surface area (Å²) >= 11 is 0. The van der Waals surface area contributed by atoms with E-state index in [1.807, 2.05) is 0 Å². The molecule has 0 aliphatic rings. The predicted molar refractivity (Wildman–Crippen MR) is 98.4 cm³/mol. The molecule has 0 unspecified atom stereocenters. The number of aliphatic hydroxyl groups is 1. The quantitative estimate of drug-likeness (QED) is 0.568. The van der Waals surface area contributed by atoms with Gasteiger partial charge in [0.15, 0.2) is 6.04 Å². The van der Waals surface area contributed by atoms with E-state index in [-0.39, 0.29) is 5.56 Å². The SMILES string of the molecule is COC(=O)[C@@H](NC(=O)[C@H](CO)NC(=O)Cc1cc(F)cc(F)c1)c1ccccc1. The van der Waals surface area contributed by atoms with Gasteiger partial charge < -0.3 is 20.5 Å². The van der Waals surface area contributed by atoms with Crippen molar-refractivity contribution in [2.24, 2.45) is 0 Å². The van der Waals surface area contributed by atoms with E-state index in [0.29, 0.717) is 11.6 Å². The second-order valence-electron chi connectivity index (χ2n) is 6.13. The summed E-state index contributed by atoms with van der Waals surface area (Å²) in [5.41, 5.74) is 0.514. The molecule has 0 radical (unpaired) electrons. The van der Waals surface area contributed by atoms with Crippen LogP contribution in [0.15, 0.2) is 48.5 Å². The Morgan fingerprint density at radius 3 is 2.21 bits per heavy atom. The Labute approximate surface area is 165 Å². The Morgan fingerprint density at radius 2 is 1.66 bits per heavy atom. The number of carbonyl (C=O) groups excluding carboxylic acids is 3. The van der Waals surface area contributed by atoms with E-state index in [4.69, 9.17) is 0 Å². The third kappa shape index (κ3) is 6.35. The molecule has 2 atom stereocenters. The van der Waals surface area contributed by atoms with Crippen molar-refractivity contribution in [3.05, 3.63) is 71.3 Å². The molecular formula is C20H20F2N2O5. The van der Waals surface area contributed by atoms with Crippen LogP contribution in [0.5, 0.6) is 0 Å². The number of methoxy groups -OCH3 is 1. The maximum Gasteiger partial charge on any atom is 0.333 e. The van der Waals surface area contributed by atoms with Crippen LogP contribution in [0.3, 0.4) is 0 Å². The Balaban J connectivity index is 2.06. The molecule has 0 fully saturated rings. The van der Waals surface area contributed by atoms with Gasteiger partial charge in [-0.1, -0.05) is 30.3 Å². The highest BCUT2D eigenvalue weighted by Crippen LogP contribution is 2.14. The van der Waals surface area contributed by atoms with Gasteiger partial charge >= 0.3 is 5.97 Å². The van der Waals surface area contributed by atoms with Gasteiger partial charge in [-0.3, -0.25) is 9.59 Å². The second-order valence-corrected chi connectivity index (χ2v) is 6.13. The predicted octanol–water partition coefficient (Wildman–Crippen LogP) is 1.01. The van der Waals surface area contributed by atoms with Crippen LogP contribution in [0, 0.1) is 11.6 Å². The minimum absolute atomic E-state index is 0.0637. The third-order valence-electron chi connectivity index (χ3n) is 3.98. The maximum absolute atomic E-state index is 13.2. The van der Waals surface area contributed by atoms with Gasteiger partial charge in [-0.15, -0.1) is 0 Å². The number of ether oxygens (including phenoxy) is 1. The fourth-order valence-electron chi connectivity index (χ4n) is 2.62. The zero-order chi connectivity index (χ0) is 21.4. The first-order chi connectivity index (χ1) is 13.8. The number of hydrogen-bond donors (Lipinski definition) is 3. The molecule has 29 heavy (non-hydrogen) atoms. The van der Waals surface area contributed by atoms with E-state index in [9.17, 15) is 28.3 Å². The van der Waals surface area contributed by atoms with Crippen LogP contribution in [0.2, 0.25) is 0 Å². The highest BCUT2D eigenvalue weighted by molar-refractivity contribution is 5.91. The van der Waals surface area contributed by atoms with Crippen LogP contribution in [0.1, 0.15) is 17.2 Å². The zero-order valence-corrected chi connectivity index (χ0v) is 15.5. The minimum Gasteiger partial charge on any atom is -0.467 e. The van der Waals surface area contributed by atoms with Gasteiger partial charge in [-0.25, -0.2) is 13.6 Å². The van der Waals surface area contributed by atoms with Crippen molar-refractivity contribution >= 4 is 17.8 Å². The largest absolute Gasteiger partial charge is 0.467 e. The lowest BCUT2D eigenvalue weighted by Crippen LogP contribution is -2.51. The monoisotopic (exact) mass is 406 g/mol. The van der Waals surface area contributed by atoms with Gasteiger partial charge in [0, 0.05) is 6.07 Å². The highest BCUT2D eigenvalue weighted by Gasteiger charge is 2.28. The lowest BCUT2D eigenvalue weighted by Gasteiger charge is -2.21. The van der Waals surface area contributed by atoms with E-state index in [0.717, 1.165) is 19.2 Å². The average Bonchev–Trinajstić information content (AvgIpc) is 2.69. The Kier molecular flexibility index (Phi) is 7.79. The number of aliphatic hydroxyl groups excluding tert-OH is 1. The van der Waals surface area contributed by atoms with Crippen molar-refractivity contribution in [1.29, 1.82) is 0 Å². The van der Waals surface area contributed by atoms with Crippen molar-refractivity contribution in [2.75, 3.05) is 13.7 Å². The molecule has 7 nitrogen and oxygen atoms in total. The topological polar surface area (TPSA) is 105 Å². The lowest BCUT2D eigenvalue weighted by molar-refractivity contribution is -0.145. The Hall–Kier alpha value is -3.33. The summed E-state index contributed by atoms with van der Waals surface area (Å²) in [7, 11) is 1.16. The number of halogens is 2. The Bertz CT molecular complexity index is 856. The lowest BCUT2D eigenvalue weighted by atomic mass is 10.1. The summed E-state index contributed by atoms with van der Waals surface area (Å²) < 4.78 is 31.1. The fourth-order valence-corrected chi connectivity index (χ4v) is 2.62. The number of rotatable bonds is 8. The van der Waals surface area contributed by atoms with Crippen molar-refractivity contribution in [3.63, 3.8) is 0 Å². The molecule has 0 bridgehead atoms. The summed E-state index contributed by atoms with van der Waals surface area (Å²) in [6.07, 6.45) is -0.405. The zero-order valence-electron chi connectivity index (χ0n) is 15.5. The van der Waals surface area contributed by atoms with Gasteiger partial charge in [-0.05, 0) is 23.3 Å². The minimum atomic E-state index is -1.38. The summed E-state index contributed by atoms with van der Waals surface area (Å²) in [5.74, 6) is -3.98. The molecule has 2 aromatic carbocycles. The second kappa shape index (κ2) is 10.3. The molecule has 9 heteroatoms. The van der Waals surface area contributed by atoms with Crippen LogP contribution >= 0.6 is 0 Å². The molecule has 0 aliphatic heterocycles. The van der Waals surface area contributed by atoms with Gasteiger partial charge in [0.1, 0.15) is 17.7 Å². The molecule has 154 valence electrons. The summed E-state index contributed by atoms with van der Waals surface area (Å²) in [6.45, 7) is -0.752. The van der Waals surface area contributed by atoms with E-state index in [1.54, 1.807) is 30.3 Å². The van der Waals surface area contributed by atoms with E-state index < -0.39 is 54.5 Å². The van der Waals surface area contributed by atoms with Gasteiger partial charge in [0.05, 0.1) is 20.1 Å². The summed E-state index contributed by atoms with van der Waals surface area (Å²) in [5, 5.41) is 14.2. The molecule has 2 rings (SSSR count). The molecule has 0 heterocycles. The molecular weight excluding hydrogens is 386 g/mol. The van der Waals surface area contributed by atoms with Crippen molar-refractivity contribution < 1.29 is 33.0 Å². The molecule has 0 aromatic heterocycles. The van der Waals surface area contributed by atoms with E-state index in [2.05, 4.69) is 15.4 Å². The van der Waals surface area contributed by atoms with E-state index >= 15 is 0 Å². The molecule has 0 aliphatic carbocycles. The number of nitrogens with one attached hydrogen (secondary N) is 2.